The Hall–Kier alpha value is -1.30. The van der Waals surface area contributed by atoms with Gasteiger partial charge in [0.2, 0.25) is 0 Å². The van der Waals surface area contributed by atoms with Gasteiger partial charge in [-0.25, -0.2) is 0 Å². The molecule has 2 nitrogen and oxygen atoms in total. The Morgan fingerprint density at radius 1 is 1.33 bits per heavy atom. The van der Waals surface area contributed by atoms with Crippen LogP contribution < -0.4 is 5.43 Å². The number of pyridine rings is 1. The van der Waals surface area contributed by atoms with E-state index in [1.807, 2.05) is 6.92 Å². The van der Waals surface area contributed by atoms with Crippen LogP contribution >= 0.6 is 15.9 Å². The van der Waals surface area contributed by atoms with E-state index in [1.54, 1.807) is 4.57 Å². The van der Waals surface area contributed by atoms with Crippen molar-refractivity contribution in [3.05, 3.63) is 44.2 Å². The zero-order valence-electron chi connectivity index (χ0n) is 11.3. The summed E-state index contributed by atoms with van der Waals surface area (Å²) in [5, 5.41) is 0.134. The number of alkyl halides is 3. The third kappa shape index (κ3) is 2.39. The van der Waals surface area contributed by atoms with Crippen LogP contribution in [0.4, 0.5) is 13.2 Å². The average Bonchev–Trinajstić information content (AvgIpc) is 3.20. The van der Waals surface area contributed by atoms with E-state index in [9.17, 15) is 18.0 Å². The number of rotatable bonds is 2. The zero-order valence-corrected chi connectivity index (χ0v) is 12.9. The summed E-state index contributed by atoms with van der Waals surface area (Å²) >= 11 is 2.99. The van der Waals surface area contributed by atoms with Crippen LogP contribution in [-0.2, 0) is 12.6 Å². The van der Waals surface area contributed by atoms with Gasteiger partial charge in [-0.05, 0) is 31.4 Å². The molecule has 1 saturated carbocycles. The first kappa shape index (κ1) is 14.6. The number of fused-ring (bicyclic) bond motifs is 1. The predicted molar refractivity (Wildman–Crippen MR) is 78.6 cm³/mol. The lowest BCUT2D eigenvalue weighted by Crippen LogP contribution is -2.18. The van der Waals surface area contributed by atoms with Gasteiger partial charge in [0.15, 0.2) is 5.43 Å². The molecule has 1 aliphatic carbocycles. The predicted octanol–water partition coefficient (Wildman–Crippen LogP) is 4.68. The van der Waals surface area contributed by atoms with Crippen LogP contribution in [0.5, 0.6) is 0 Å². The highest BCUT2D eigenvalue weighted by Crippen LogP contribution is 2.44. The molecule has 0 N–H and O–H groups in total. The Balaban J connectivity index is 2.53. The SMILES string of the molecule is CCc1cc(=O)c2ccc(Br)c(C(F)(F)F)c2n1C1CC1. The van der Waals surface area contributed by atoms with Crippen molar-refractivity contribution in [2.24, 2.45) is 0 Å². The van der Waals surface area contributed by atoms with Crippen molar-refractivity contribution in [2.45, 2.75) is 38.4 Å². The summed E-state index contributed by atoms with van der Waals surface area (Å²) in [6.07, 6.45) is -2.26. The first-order chi connectivity index (χ1) is 9.84. The van der Waals surface area contributed by atoms with Crippen molar-refractivity contribution in [3.63, 3.8) is 0 Å². The minimum atomic E-state index is -4.51. The smallest absolute Gasteiger partial charge is 0.341 e. The highest BCUT2D eigenvalue weighted by atomic mass is 79.9. The van der Waals surface area contributed by atoms with Gasteiger partial charge < -0.3 is 4.57 Å². The topological polar surface area (TPSA) is 22.0 Å². The number of hydrogen-bond acceptors (Lipinski definition) is 1. The fourth-order valence-electron chi connectivity index (χ4n) is 2.75. The van der Waals surface area contributed by atoms with Crippen LogP contribution in [0.25, 0.3) is 10.9 Å². The van der Waals surface area contributed by atoms with Crippen LogP contribution in [0.2, 0.25) is 0 Å². The molecular weight excluding hydrogens is 347 g/mol. The van der Waals surface area contributed by atoms with Crippen molar-refractivity contribution in [1.82, 2.24) is 4.57 Å². The Labute approximate surface area is 127 Å². The summed E-state index contributed by atoms with van der Waals surface area (Å²) in [6, 6.07) is 4.30. The van der Waals surface area contributed by atoms with E-state index in [4.69, 9.17) is 0 Å². The van der Waals surface area contributed by atoms with Gasteiger partial charge in [0, 0.05) is 27.7 Å². The lowest BCUT2D eigenvalue weighted by molar-refractivity contribution is -0.137. The summed E-state index contributed by atoms with van der Waals surface area (Å²) in [4.78, 5) is 12.1. The maximum absolute atomic E-state index is 13.5. The van der Waals surface area contributed by atoms with Crippen LogP contribution in [-0.4, -0.2) is 4.57 Å². The Kier molecular flexibility index (Phi) is 3.39. The highest BCUT2D eigenvalue weighted by molar-refractivity contribution is 9.10. The second kappa shape index (κ2) is 4.87. The van der Waals surface area contributed by atoms with Crippen LogP contribution in [0.3, 0.4) is 0 Å². The molecule has 6 heteroatoms. The number of nitrogens with zero attached hydrogens (tertiary/aromatic N) is 1. The van der Waals surface area contributed by atoms with Gasteiger partial charge in [0.05, 0.1) is 11.1 Å². The first-order valence-electron chi connectivity index (χ1n) is 6.78. The minimum absolute atomic E-state index is 0.0173. The number of benzene rings is 1. The van der Waals surface area contributed by atoms with Gasteiger partial charge in [-0.1, -0.05) is 22.9 Å². The first-order valence-corrected chi connectivity index (χ1v) is 7.57. The molecule has 112 valence electrons. The number of aromatic nitrogens is 1. The van der Waals surface area contributed by atoms with Crippen molar-refractivity contribution in [3.8, 4) is 0 Å². The number of hydrogen-bond donors (Lipinski definition) is 0. The molecule has 1 aliphatic rings. The molecule has 0 spiro atoms. The van der Waals surface area contributed by atoms with E-state index in [2.05, 4.69) is 15.9 Å². The molecule has 2 aromatic rings. The van der Waals surface area contributed by atoms with Crippen molar-refractivity contribution in [2.75, 3.05) is 0 Å². The van der Waals surface area contributed by atoms with Crippen LogP contribution in [0.1, 0.15) is 37.1 Å². The van der Waals surface area contributed by atoms with E-state index in [0.717, 1.165) is 12.8 Å². The largest absolute Gasteiger partial charge is 0.419 e. The van der Waals surface area contributed by atoms with Gasteiger partial charge >= 0.3 is 6.18 Å². The average molecular weight is 360 g/mol. The lowest BCUT2D eigenvalue weighted by Gasteiger charge is -2.20. The normalized spacial score (nSPS) is 15.7. The molecule has 0 radical (unpaired) electrons. The number of aryl methyl sites for hydroxylation is 1. The minimum Gasteiger partial charge on any atom is -0.341 e. The molecular formula is C15H13BrF3NO. The summed E-state index contributed by atoms with van der Waals surface area (Å²) in [6.45, 7) is 1.85. The number of halogens is 4. The molecule has 0 bridgehead atoms. The van der Waals surface area contributed by atoms with Crippen molar-refractivity contribution >= 4 is 26.8 Å². The van der Waals surface area contributed by atoms with Crippen molar-refractivity contribution < 1.29 is 13.2 Å². The third-order valence-corrected chi connectivity index (χ3v) is 4.46. The molecule has 3 rings (SSSR count). The molecule has 1 fully saturated rings. The molecule has 0 atom stereocenters. The van der Waals surface area contributed by atoms with Crippen LogP contribution in [0.15, 0.2) is 27.5 Å². The van der Waals surface area contributed by atoms with Crippen molar-refractivity contribution in [1.29, 1.82) is 0 Å². The summed E-state index contributed by atoms with van der Waals surface area (Å²) < 4.78 is 42.1. The second-order valence-corrected chi connectivity index (χ2v) is 6.13. The monoisotopic (exact) mass is 359 g/mol. The molecule has 1 heterocycles. The van der Waals surface area contributed by atoms with Gasteiger partial charge in [-0.2, -0.15) is 13.2 Å². The Bertz CT molecular complexity index is 775. The summed E-state index contributed by atoms with van der Waals surface area (Å²) in [5.41, 5.74) is -0.418. The maximum atomic E-state index is 13.5. The lowest BCUT2D eigenvalue weighted by atomic mass is 10.1. The molecule has 0 saturated heterocycles. The molecule has 0 aliphatic heterocycles. The summed E-state index contributed by atoms with van der Waals surface area (Å²) in [7, 11) is 0. The second-order valence-electron chi connectivity index (χ2n) is 5.27. The van der Waals surface area contributed by atoms with Crippen LogP contribution in [0, 0.1) is 0 Å². The fourth-order valence-corrected chi connectivity index (χ4v) is 3.29. The van der Waals surface area contributed by atoms with Gasteiger partial charge in [-0.3, -0.25) is 4.79 Å². The zero-order chi connectivity index (χ0) is 15.4. The molecule has 1 aromatic heterocycles. The summed E-state index contributed by atoms with van der Waals surface area (Å²) in [5.74, 6) is 0. The van der Waals surface area contributed by atoms with E-state index < -0.39 is 11.7 Å². The fraction of sp³-hybridized carbons (Fsp3) is 0.400. The Morgan fingerprint density at radius 2 is 2.00 bits per heavy atom. The maximum Gasteiger partial charge on any atom is 0.419 e. The molecule has 21 heavy (non-hydrogen) atoms. The molecule has 1 aromatic carbocycles. The molecule has 0 amide bonds. The van der Waals surface area contributed by atoms with Gasteiger partial charge in [-0.15, -0.1) is 0 Å². The van der Waals surface area contributed by atoms with Gasteiger partial charge in [0.1, 0.15) is 0 Å². The molecule has 0 unspecified atom stereocenters. The van der Waals surface area contributed by atoms with E-state index in [-0.39, 0.29) is 26.8 Å². The quantitative estimate of drug-likeness (QED) is 0.762. The standard InChI is InChI=1S/C15H13BrF3NO/c1-2-8-7-12(21)10-5-6-11(16)13(15(17,18)19)14(10)20(8)9-3-4-9/h5-7,9H,2-4H2,1H3. The van der Waals surface area contributed by atoms with E-state index in [1.165, 1.54) is 18.2 Å². The highest BCUT2D eigenvalue weighted by Gasteiger charge is 2.38. The Morgan fingerprint density at radius 3 is 2.52 bits per heavy atom. The van der Waals surface area contributed by atoms with E-state index in [0.29, 0.717) is 12.1 Å². The third-order valence-electron chi connectivity index (χ3n) is 3.80. The van der Waals surface area contributed by atoms with Gasteiger partial charge in [0.25, 0.3) is 0 Å². The van der Waals surface area contributed by atoms with E-state index >= 15 is 0 Å².